The number of nitrogens with one attached hydrogen (secondary N) is 2. The largest absolute Gasteiger partial charge is 0.469 e. The number of thiophene rings is 1. The lowest BCUT2D eigenvalue weighted by molar-refractivity contribution is -0.147. The molecule has 2 N–H and O–H groups in total. The summed E-state index contributed by atoms with van der Waals surface area (Å²) in [7, 11) is 1.37. The summed E-state index contributed by atoms with van der Waals surface area (Å²) in [5.41, 5.74) is 6.33. The van der Waals surface area contributed by atoms with Crippen LogP contribution in [-0.2, 0) is 27.2 Å². The second kappa shape index (κ2) is 8.20. The molecule has 0 bridgehead atoms. The van der Waals surface area contributed by atoms with Crippen molar-refractivity contribution in [1.29, 1.82) is 0 Å². The minimum Gasteiger partial charge on any atom is -0.469 e. The number of carbonyl (C=O) groups excluding carboxylic acids is 3. The molecule has 0 saturated heterocycles. The molecule has 1 aromatic heterocycles. The predicted molar refractivity (Wildman–Crippen MR) is 98.6 cm³/mol. The van der Waals surface area contributed by atoms with E-state index < -0.39 is 0 Å². The second-order valence-electron chi connectivity index (χ2n) is 7.43. The molecule has 26 heavy (non-hydrogen) atoms. The smallest absolute Gasteiger partial charge is 0.308 e. The summed E-state index contributed by atoms with van der Waals surface area (Å²) in [5.74, 6) is -0.615. The summed E-state index contributed by atoms with van der Waals surface area (Å²) in [6.07, 6.45) is 5.96. The van der Waals surface area contributed by atoms with Crippen LogP contribution in [0.3, 0.4) is 0 Å². The van der Waals surface area contributed by atoms with Crippen molar-refractivity contribution in [2.45, 2.75) is 51.9 Å². The molecule has 0 aliphatic heterocycles. The third kappa shape index (κ3) is 4.26. The Balaban J connectivity index is 1.53. The van der Waals surface area contributed by atoms with Crippen molar-refractivity contribution >= 4 is 29.1 Å². The van der Waals surface area contributed by atoms with Gasteiger partial charge < -0.3 is 4.74 Å². The van der Waals surface area contributed by atoms with Crippen LogP contribution in [-0.4, -0.2) is 24.9 Å². The number of rotatable bonds is 3. The van der Waals surface area contributed by atoms with Gasteiger partial charge >= 0.3 is 5.97 Å². The molecule has 1 aromatic rings. The Morgan fingerprint density at radius 3 is 2.69 bits per heavy atom. The van der Waals surface area contributed by atoms with Gasteiger partial charge in [-0.2, -0.15) is 0 Å². The maximum atomic E-state index is 12.4. The van der Waals surface area contributed by atoms with Gasteiger partial charge in [0.1, 0.15) is 0 Å². The number of hydrazine groups is 1. The average Bonchev–Trinajstić information content (AvgIpc) is 3.08. The van der Waals surface area contributed by atoms with Crippen LogP contribution < -0.4 is 10.9 Å². The van der Waals surface area contributed by atoms with E-state index in [-0.39, 0.29) is 29.6 Å². The SMILES string of the molecule is COC(=O)[C@@H]1CCC[C@H](C(=O)NNC(=O)c2cc3c(s2)CC[C@@H](C)C3)C1. The number of aryl methyl sites for hydroxylation is 1. The molecule has 142 valence electrons. The van der Waals surface area contributed by atoms with Crippen LogP contribution in [0, 0.1) is 17.8 Å². The van der Waals surface area contributed by atoms with Crippen molar-refractivity contribution in [3.63, 3.8) is 0 Å². The first-order chi connectivity index (χ1) is 12.5. The Morgan fingerprint density at radius 1 is 1.15 bits per heavy atom. The van der Waals surface area contributed by atoms with Gasteiger partial charge in [0.15, 0.2) is 0 Å². The fourth-order valence-electron chi connectivity index (χ4n) is 3.91. The highest BCUT2D eigenvalue weighted by Crippen LogP contribution is 2.32. The molecule has 7 heteroatoms. The third-order valence-corrected chi connectivity index (χ3v) is 6.67. The minimum absolute atomic E-state index is 0.230. The standard InChI is InChI=1S/C19H26N2O4S/c1-11-6-7-15-14(8-11)10-16(26-15)18(23)21-20-17(22)12-4-3-5-13(9-12)19(24)25-2/h10-13H,3-9H2,1-2H3,(H,20,22)(H,21,23)/t11-,12+,13-/m1/s1. The van der Waals surface area contributed by atoms with Crippen LogP contribution in [0.1, 0.15) is 59.1 Å². The van der Waals surface area contributed by atoms with Crippen LogP contribution in [0.4, 0.5) is 0 Å². The normalized spacial score (nSPS) is 25.1. The van der Waals surface area contributed by atoms with E-state index in [9.17, 15) is 14.4 Å². The molecular formula is C19H26N2O4S. The molecule has 1 saturated carbocycles. The van der Waals surface area contributed by atoms with Crippen LogP contribution in [0.15, 0.2) is 6.07 Å². The number of methoxy groups -OCH3 is 1. The highest BCUT2D eigenvalue weighted by atomic mass is 32.1. The Bertz CT molecular complexity index is 700. The monoisotopic (exact) mass is 378 g/mol. The van der Waals surface area contributed by atoms with Gasteiger partial charge in [0, 0.05) is 10.8 Å². The number of ether oxygens (including phenoxy) is 1. The molecule has 1 fully saturated rings. The van der Waals surface area contributed by atoms with E-state index in [1.54, 1.807) is 0 Å². The zero-order chi connectivity index (χ0) is 18.7. The number of fused-ring (bicyclic) bond motifs is 1. The zero-order valence-corrected chi connectivity index (χ0v) is 16.1. The maximum absolute atomic E-state index is 12.4. The van der Waals surface area contributed by atoms with Gasteiger partial charge in [-0.25, -0.2) is 0 Å². The fourth-order valence-corrected chi connectivity index (χ4v) is 5.01. The van der Waals surface area contributed by atoms with E-state index in [1.807, 2.05) is 6.07 Å². The first-order valence-corrected chi connectivity index (χ1v) is 10.1. The average molecular weight is 378 g/mol. The molecule has 6 nitrogen and oxygen atoms in total. The molecule has 2 aliphatic rings. The van der Waals surface area contributed by atoms with Crippen molar-refractivity contribution in [3.05, 3.63) is 21.4 Å². The summed E-state index contributed by atoms with van der Waals surface area (Å²) in [6, 6.07) is 1.95. The summed E-state index contributed by atoms with van der Waals surface area (Å²) >= 11 is 1.52. The fraction of sp³-hybridized carbons (Fsp3) is 0.632. The molecular weight excluding hydrogens is 352 g/mol. The number of carbonyl (C=O) groups is 3. The molecule has 0 spiro atoms. The van der Waals surface area contributed by atoms with Gasteiger partial charge in [0.05, 0.1) is 17.9 Å². The number of amides is 2. The summed E-state index contributed by atoms with van der Waals surface area (Å²) < 4.78 is 4.78. The lowest BCUT2D eigenvalue weighted by Crippen LogP contribution is -2.45. The highest BCUT2D eigenvalue weighted by Gasteiger charge is 2.32. The van der Waals surface area contributed by atoms with Crippen LogP contribution >= 0.6 is 11.3 Å². The Morgan fingerprint density at radius 2 is 1.92 bits per heavy atom. The van der Waals surface area contributed by atoms with Gasteiger partial charge in [0.2, 0.25) is 5.91 Å². The van der Waals surface area contributed by atoms with Gasteiger partial charge in [-0.3, -0.25) is 25.2 Å². The van der Waals surface area contributed by atoms with E-state index in [0.29, 0.717) is 17.2 Å². The maximum Gasteiger partial charge on any atom is 0.308 e. The molecule has 2 amide bonds. The lowest BCUT2D eigenvalue weighted by atomic mass is 9.81. The molecule has 3 rings (SSSR count). The number of hydrogen-bond acceptors (Lipinski definition) is 5. The Labute approximate surface area is 157 Å². The van der Waals surface area contributed by atoms with E-state index in [1.165, 1.54) is 28.9 Å². The Kier molecular flexibility index (Phi) is 5.96. The van der Waals surface area contributed by atoms with E-state index in [4.69, 9.17) is 4.74 Å². The first-order valence-electron chi connectivity index (χ1n) is 9.27. The molecule has 0 aromatic carbocycles. The quantitative estimate of drug-likeness (QED) is 0.625. The summed E-state index contributed by atoms with van der Waals surface area (Å²) in [5, 5.41) is 0. The Hall–Kier alpha value is -1.89. The van der Waals surface area contributed by atoms with E-state index in [2.05, 4.69) is 17.8 Å². The van der Waals surface area contributed by atoms with Gasteiger partial charge in [0.25, 0.3) is 5.91 Å². The van der Waals surface area contributed by atoms with Crippen LogP contribution in [0.5, 0.6) is 0 Å². The van der Waals surface area contributed by atoms with Gasteiger partial charge in [-0.15, -0.1) is 11.3 Å². The highest BCUT2D eigenvalue weighted by molar-refractivity contribution is 7.14. The molecule has 0 radical (unpaired) electrons. The third-order valence-electron chi connectivity index (χ3n) is 5.43. The molecule has 3 atom stereocenters. The van der Waals surface area contributed by atoms with Gasteiger partial charge in [-0.1, -0.05) is 13.3 Å². The van der Waals surface area contributed by atoms with Crippen molar-refractivity contribution in [2.24, 2.45) is 17.8 Å². The van der Waals surface area contributed by atoms with Crippen molar-refractivity contribution in [2.75, 3.05) is 7.11 Å². The predicted octanol–water partition coefficient (Wildman–Crippen LogP) is 2.61. The second-order valence-corrected chi connectivity index (χ2v) is 8.57. The van der Waals surface area contributed by atoms with E-state index >= 15 is 0 Å². The zero-order valence-electron chi connectivity index (χ0n) is 15.3. The number of hydrogen-bond donors (Lipinski definition) is 2. The number of esters is 1. The van der Waals surface area contributed by atoms with Crippen molar-refractivity contribution in [3.8, 4) is 0 Å². The van der Waals surface area contributed by atoms with Crippen molar-refractivity contribution < 1.29 is 19.1 Å². The molecule has 0 unspecified atom stereocenters. The molecule has 2 aliphatic carbocycles. The summed E-state index contributed by atoms with van der Waals surface area (Å²) in [6.45, 7) is 2.23. The molecule has 1 heterocycles. The van der Waals surface area contributed by atoms with Crippen LogP contribution in [0.2, 0.25) is 0 Å². The summed E-state index contributed by atoms with van der Waals surface area (Å²) in [4.78, 5) is 38.3. The van der Waals surface area contributed by atoms with Gasteiger partial charge in [-0.05, 0) is 56.1 Å². The van der Waals surface area contributed by atoms with Crippen molar-refractivity contribution in [1.82, 2.24) is 10.9 Å². The topological polar surface area (TPSA) is 84.5 Å². The lowest BCUT2D eigenvalue weighted by Gasteiger charge is -2.26. The first kappa shape index (κ1) is 18.9. The van der Waals surface area contributed by atoms with E-state index in [0.717, 1.165) is 38.5 Å². The minimum atomic E-state index is -0.273. The van der Waals surface area contributed by atoms with Crippen LogP contribution in [0.25, 0.3) is 0 Å².